The standard InChI is InChI=1S/C11H18N4O2/c1-2-14-11(16)15(8-6-12-7-8)10(13-14)9-4-3-5-17-9/h8-9,12H,2-7H2,1H3/t9-/m0/s1. The third kappa shape index (κ3) is 1.71. The molecule has 0 aromatic carbocycles. The van der Waals surface area contributed by atoms with E-state index < -0.39 is 0 Å². The molecule has 6 heteroatoms. The lowest BCUT2D eigenvalue weighted by Gasteiger charge is -2.29. The summed E-state index contributed by atoms with van der Waals surface area (Å²) in [6.07, 6.45) is 2.04. The molecule has 2 fully saturated rings. The van der Waals surface area contributed by atoms with Crippen molar-refractivity contribution in [3.63, 3.8) is 0 Å². The highest BCUT2D eigenvalue weighted by atomic mass is 16.5. The van der Waals surface area contributed by atoms with E-state index in [1.54, 1.807) is 0 Å². The van der Waals surface area contributed by atoms with Gasteiger partial charge in [-0.2, -0.15) is 5.10 Å². The number of rotatable bonds is 3. The van der Waals surface area contributed by atoms with Gasteiger partial charge in [-0.1, -0.05) is 0 Å². The molecule has 94 valence electrons. The maximum absolute atomic E-state index is 12.2. The van der Waals surface area contributed by atoms with Crippen LogP contribution in [0.15, 0.2) is 4.79 Å². The summed E-state index contributed by atoms with van der Waals surface area (Å²) in [4.78, 5) is 12.2. The predicted octanol–water partition coefficient (Wildman–Crippen LogP) is 0.0605. The largest absolute Gasteiger partial charge is 0.370 e. The fourth-order valence-electron chi connectivity index (χ4n) is 2.44. The van der Waals surface area contributed by atoms with Gasteiger partial charge in [0.2, 0.25) is 0 Å². The molecule has 6 nitrogen and oxygen atoms in total. The van der Waals surface area contributed by atoms with E-state index in [1.165, 1.54) is 4.68 Å². The van der Waals surface area contributed by atoms with E-state index in [0.717, 1.165) is 38.4 Å². The average molecular weight is 238 g/mol. The lowest BCUT2D eigenvalue weighted by atomic mass is 10.1. The first-order valence-corrected chi connectivity index (χ1v) is 6.32. The zero-order valence-electron chi connectivity index (χ0n) is 10.1. The van der Waals surface area contributed by atoms with Gasteiger partial charge in [0.1, 0.15) is 6.10 Å². The SMILES string of the molecule is CCn1nc([C@@H]2CCCO2)n(C2CNC2)c1=O. The van der Waals surface area contributed by atoms with Crippen LogP contribution in [0.3, 0.4) is 0 Å². The van der Waals surface area contributed by atoms with Gasteiger partial charge >= 0.3 is 5.69 Å². The van der Waals surface area contributed by atoms with Crippen molar-refractivity contribution in [3.05, 3.63) is 16.3 Å². The monoisotopic (exact) mass is 238 g/mol. The molecular weight excluding hydrogens is 220 g/mol. The number of hydrogen-bond acceptors (Lipinski definition) is 4. The normalized spacial score (nSPS) is 25.1. The highest BCUT2D eigenvalue weighted by Gasteiger charge is 2.31. The summed E-state index contributed by atoms with van der Waals surface area (Å²) in [7, 11) is 0. The van der Waals surface area contributed by atoms with Gasteiger partial charge in [0.15, 0.2) is 5.82 Å². The van der Waals surface area contributed by atoms with Gasteiger partial charge < -0.3 is 10.1 Å². The molecular formula is C11H18N4O2. The molecule has 3 heterocycles. The van der Waals surface area contributed by atoms with E-state index in [4.69, 9.17) is 4.74 Å². The third-order valence-electron chi connectivity index (χ3n) is 3.54. The molecule has 2 saturated heterocycles. The first-order chi connectivity index (χ1) is 8.31. The topological polar surface area (TPSA) is 61.1 Å². The molecule has 17 heavy (non-hydrogen) atoms. The fourth-order valence-corrected chi connectivity index (χ4v) is 2.44. The number of ether oxygens (including phenoxy) is 1. The van der Waals surface area contributed by atoms with Crippen molar-refractivity contribution in [1.29, 1.82) is 0 Å². The minimum absolute atomic E-state index is 0.00417. The van der Waals surface area contributed by atoms with Gasteiger partial charge in [-0.3, -0.25) is 4.57 Å². The Morgan fingerprint density at radius 2 is 2.35 bits per heavy atom. The summed E-state index contributed by atoms with van der Waals surface area (Å²) >= 11 is 0. The second-order valence-corrected chi connectivity index (χ2v) is 4.64. The van der Waals surface area contributed by atoms with Crippen molar-refractivity contribution < 1.29 is 4.74 Å². The number of aromatic nitrogens is 3. The van der Waals surface area contributed by atoms with Crippen LogP contribution in [0, 0.1) is 0 Å². The van der Waals surface area contributed by atoms with Gasteiger partial charge in [0.05, 0.1) is 6.04 Å². The van der Waals surface area contributed by atoms with E-state index in [-0.39, 0.29) is 17.8 Å². The average Bonchev–Trinajstić information content (AvgIpc) is 2.86. The number of aryl methyl sites for hydroxylation is 1. The number of nitrogens with zero attached hydrogens (tertiary/aromatic N) is 3. The molecule has 1 aromatic heterocycles. The highest BCUT2D eigenvalue weighted by molar-refractivity contribution is 5.00. The van der Waals surface area contributed by atoms with Crippen molar-refractivity contribution in [3.8, 4) is 0 Å². The van der Waals surface area contributed by atoms with Crippen LogP contribution in [0.2, 0.25) is 0 Å². The molecule has 1 atom stereocenters. The molecule has 0 saturated carbocycles. The van der Waals surface area contributed by atoms with E-state index in [2.05, 4.69) is 10.4 Å². The molecule has 0 radical (unpaired) electrons. The second kappa shape index (κ2) is 4.27. The van der Waals surface area contributed by atoms with Crippen molar-refractivity contribution >= 4 is 0 Å². The lowest BCUT2D eigenvalue weighted by molar-refractivity contribution is 0.0978. The van der Waals surface area contributed by atoms with Crippen LogP contribution in [-0.2, 0) is 11.3 Å². The Hall–Kier alpha value is -1.14. The number of hydrogen-bond donors (Lipinski definition) is 1. The van der Waals surface area contributed by atoms with Crippen molar-refractivity contribution in [2.45, 2.75) is 38.5 Å². The first kappa shape index (κ1) is 11.0. The Morgan fingerprint density at radius 3 is 2.88 bits per heavy atom. The van der Waals surface area contributed by atoms with Gasteiger partial charge in [-0.15, -0.1) is 0 Å². The van der Waals surface area contributed by atoms with E-state index in [9.17, 15) is 4.79 Å². The molecule has 2 aliphatic rings. The Morgan fingerprint density at radius 1 is 1.53 bits per heavy atom. The zero-order chi connectivity index (χ0) is 11.8. The predicted molar refractivity (Wildman–Crippen MR) is 62.0 cm³/mol. The summed E-state index contributed by atoms with van der Waals surface area (Å²) in [6, 6.07) is 0.252. The number of nitrogens with one attached hydrogen (secondary N) is 1. The van der Waals surface area contributed by atoms with Crippen LogP contribution in [0.5, 0.6) is 0 Å². The zero-order valence-corrected chi connectivity index (χ0v) is 10.1. The highest BCUT2D eigenvalue weighted by Crippen LogP contribution is 2.28. The Kier molecular flexibility index (Phi) is 2.76. The summed E-state index contributed by atoms with van der Waals surface area (Å²) < 4.78 is 9.02. The summed E-state index contributed by atoms with van der Waals surface area (Å²) in [5.41, 5.74) is 0.00417. The van der Waals surface area contributed by atoms with E-state index in [0.29, 0.717) is 6.54 Å². The van der Waals surface area contributed by atoms with Crippen molar-refractivity contribution in [2.24, 2.45) is 0 Å². The molecule has 1 aromatic rings. The smallest absolute Gasteiger partial charge is 0.346 e. The maximum Gasteiger partial charge on any atom is 0.346 e. The van der Waals surface area contributed by atoms with Crippen LogP contribution in [0.1, 0.15) is 37.7 Å². The molecule has 1 N–H and O–H groups in total. The van der Waals surface area contributed by atoms with E-state index in [1.807, 2.05) is 11.5 Å². The van der Waals surface area contributed by atoms with Crippen LogP contribution >= 0.6 is 0 Å². The molecule has 0 bridgehead atoms. The van der Waals surface area contributed by atoms with Crippen LogP contribution < -0.4 is 11.0 Å². The molecule has 2 aliphatic heterocycles. The van der Waals surface area contributed by atoms with Crippen molar-refractivity contribution in [1.82, 2.24) is 19.7 Å². The van der Waals surface area contributed by atoms with Gasteiger partial charge in [0, 0.05) is 26.2 Å². The van der Waals surface area contributed by atoms with Crippen LogP contribution in [-0.4, -0.2) is 34.0 Å². The van der Waals surface area contributed by atoms with E-state index >= 15 is 0 Å². The second-order valence-electron chi connectivity index (χ2n) is 4.64. The molecule has 0 amide bonds. The van der Waals surface area contributed by atoms with Gasteiger partial charge in [-0.05, 0) is 19.8 Å². The summed E-state index contributed by atoms with van der Waals surface area (Å²) in [5, 5.41) is 7.62. The van der Waals surface area contributed by atoms with Gasteiger partial charge in [-0.25, -0.2) is 9.48 Å². The Balaban J connectivity index is 2.02. The fraction of sp³-hybridized carbons (Fsp3) is 0.818. The molecule has 0 aliphatic carbocycles. The van der Waals surface area contributed by atoms with Crippen LogP contribution in [0.4, 0.5) is 0 Å². The molecule has 0 spiro atoms. The molecule has 3 rings (SSSR count). The minimum atomic E-state index is 0.00417. The Bertz CT molecular complexity index is 455. The Labute approximate surface area is 99.6 Å². The lowest BCUT2D eigenvalue weighted by Crippen LogP contribution is -2.47. The first-order valence-electron chi connectivity index (χ1n) is 6.32. The van der Waals surface area contributed by atoms with Crippen LogP contribution in [0.25, 0.3) is 0 Å². The van der Waals surface area contributed by atoms with Gasteiger partial charge in [0.25, 0.3) is 0 Å². The minimum Gasteiger partial charge on any atom is -0.370 e. The molecule has 0 unspecified atom stereocenters. The van der Waals surface area contributed by atoms with Crippen molar-refractivity contribution in [2.75, 3.05) is 19.7 Å². The summed E-state index contributed by atoms with van der Waals surface area (Å²) in [6.45, 7) is 5.05. The summed E-state index contributed by atoms with van der Waals surface area (Å²) in [5.74, 6) is 0.820. The maximum atomic E-state index is 12.2. The quantitative estimate of drug-likeness (QED) is 0.809. The third-order valence-corrected chi connectivity index (χ3v) is 3.54.